The van der Waals surface area contributed by atoms with E-state index >= 15 is 0 Å². The van der Waals surface area contributed by atoms with Crippen LogP contribution in [0.5, 0.6) is 0 Å². The van der Waals surface area contributed by atoms with Crippen molar-refractivity contribution >= 4 is 27.7 Å². The van der Waals surface area contributed by atoms with Crippen molar-refractivity contribution in [2.24, 2.45) is 0 Å². The van der Waals surface area contributed by atoms with Crippen molar-refractivity contribution in [3.05, 3.63) is 70.6 Å². The minimum Gasteiger partial charge on any atom is -0.339 e. The number of aromatic amines is 1. The largest absolute Gasteiger partial charge is 0.339 e. The van der Waals surface area contributed by atoms with E-state index in [0.717, 1.165) is 21.4 Å². The van der Waals surface area contributed by atoms with Crippen LogP contribution in [0, 0.1) is 0 Å². The molecule has 1 aromatic carbocycles. The average molecular weight is 454 g/mol. The number of carbonyl (C=O) groups excluding carboxylic acids is 2. The van der Waals surface area contributed by atoms with Crippen LogP contribution in [-0.4, -0.2) is 63.0 Å². The number of halogens is 1. The SMILES string of the molecule is O=C(Cc1ccccn1)N1CCN(C(=O)c2cc(-c3ccc(Br)cc3)n[nH]2)CC1. The number of nitrogens with zero attached hydrogens (tertiary/aromatic N) is 4. The van der Waals surface area contributed by atoms with Gasteiger partial charge in [0, 0.05) is 48.1 Å². The number of benzene rings is 1. The summed E-state index contributed by atoms with van der Waals surface area (Å²) < 4.78 is 0.989. The fourth-order valence-electron chi connectivity index (χ4n) is 3.30. The van der Waals surface area contributed by atoms with Crippen LogP contribution in [0.25, 0.3) is 11.3 Å². The van der Waals surface area contributed by atoms with Gasteiger partial charge in [-0.15, -0.1) is 0 Å². The lowest BCUT2D eigenvalue weighted by molar-refractivity contribution is -0.132. The molecule has 29 heavy (non-hydrogen) atoms. The summed E-state index contributed by atoms with van der Waals surface area (Å²) in [4.78, 5) is 33.0. The van der Waals surface area contributed by atoms with Gasteiger partial charge in [0.15, 0.2) is 0 Å². The molecule has 0 atom stereocenters. The van der Waals surface area contributed by atoms with Crippen LogP contribution >= 0.6 is 15.9 Å². The molecule has 8 heteroatoms. The second-order valence-electron chi connectivity index (χ2n) is 6.84. The molecule has 1 aliphatic rings. The minimum atomic E-state index is -0.0994. The van der Waals surface area contributed by atoms with Crippen LogP contribution < -0.4 is 0 Å². The fourth-order valence-corrected chi connectivity index (χ4v) is 3.56. The molecule has 148 valence electrons. The number of hydrogen-bond acceptors (Lipinski definition) is 4. The number of rotatable bonds is 4. The summed E-state index contributed by atoms with van der Waals surface area (Å²) in [6.07, 6.45) is 1.97. The first-order chi connectivity index (χ1) is 14.1. The smallest absolute Gasteiger partial charge is 0.272 e. The van der Waals surface area contributed by atoms with Gasteiger partial charge in [-0.25, -0.2) is 0 Å². The van der Waals surface area contributed by atoms with E-state index in [1.165, 1.54) is 0 Å². The Morgan fingerprint density at radius 2 is 1.72 bits per heavy atom. The zero-order valence-corrected chi connectivity index (χ0v) is 17.3. The van der Waals surface area contributed by atoms with Crippen molar-refractivity contribution in [2.45, 2.75) is 6.42 Å². The van der Waals surface area contributed by atoms with Gasteiger partial charge in [-0.3, -0.25) is 19.7 Å². The minimum absolute atomic E-state index is 0.0369. The van der Waals surface area contributed by atoms with Gasteiger partial charge in [0.1, 0.15) is 5.69 Å². The molecular weight excluding hydrogens is 434 g/mol. The standard InChI is InChI=1S/C21H20BrN5O2/c22-16-6-4-15(5-7-16)18-14-19(25-24-18)21(29)27-11-9-26(10-12-27)20(28)13-17-3-1-2-8-23-17/h1-8,14H,9-13H2,(H,24,25). The molecule has 0 aliphatic carbocycles. The lowest BCUT2D eigenvalue weighted by Gasteiger charge is -2.34. The Bertz CT molecular complexity index is 995. The summed E-state index contributed by atoms with van der Waals surface area (Å²) in [6, 6.07) is 15.1. The molecule has 4 rings (SSSR count). The fraction of sp³-hybridized carbons (Fsp3) is 0.238. The second kappa shape index (κ2) is 8.57. The van der Waals surface area contributed by atoms with Crippen molar-refractivity contribution in [3.63, 3.8) is 0 Å². The Kier molecular flexibility index (Phi) is 5.71. The maximum atomic E-state index is 12.8. The normalized spacial score (nSPS) is 14.1. The van der Waals surface area contributed by atoms with Crippen molar-refractivity contribution in [3.8, 4) is 11.3 Å². The first kappa shape index (κ1) is 19.3. The van der Waals surface area contributed by atoms with Crippen molar-refractivity contribution in [1.82, 2.24) is 25.0 Å². The zero-order chi connectivity index (χ0) is 20.2. The highest BCUT2D eigenvalue weighted by Gasteiger charge is 2.26. The maximum absolute atomic E-state index is 12.8. The summed E-state index contributed by atoms with van der Waals surface area (Å²) in [5, 5.41) is 7.10. The third kappa shape index (κ3) is 4.54. The quantitative estimate of drug-likeness (QED) is 0.658. The Morgan fingerprint density at radius 3 is 2.41 bits per heavy atom. The summed E-state index contributed by atoms with van der Waals surface area (Å²) in [5.74, 6) is -0.0625. The lowest BCUT2D eigenvalue weighted by Crippen LogP contribution is -2.51. The lowest BCUT2D eigenvalue weighted by atomic mass is 10.1. The summed E-state index contributed by atoms with van der Waals surface area (Å²) >= 11 is 3.41. The number of H-pyrrole nitrogens is 1. The Labute approximate surface area is 176 Å². The molecule has 3 aromatic rings. The third-order valence-electron chi connectivity index (χ3n) is 4.93. The van der Waals surface area contributed by atoms with Crippen molar-refractivity contribution in [2.75, 3.05) is 26.2 Å². The predicted octanol–water partition coefficient (Wildman–Crippen LogP) is 2.76. The Morgan fingerprint density at radius 1 is 1.00 bits per heavy atom. The molecule has 1 fully saturated rings. The van der Waals surface area contributed by atoms with E-state index in [1.807, 2.05) is 42.5 Å². The van der Waals surface area contributed by atoms with Crippen molar-refractivity contribution < 1.29 is 9.59 Å². The van der Waals surface area contributed by atoms with Gasteiger partial charge in [0.05, 0.1) is 12.1 Å². The topological polar surface area (TPSA) is 82.2 Å². The Balaban J connectivity index is 1.34. The van der Waals surface area contributed by atoms with Gasteiger partial charge >= 0.3 is 0 Å². The molecule has 0 unspecified atom stereocenters. The molecule has 7 nitrogen and oxygen atoms in total. The molecule has 2 amide bonds. The molecular formula is C21H20BrN5O2. The molecule has 0 saturated carbocycles. The van der Waals surface area contributed by atoms with Gasteiger partial charge < -0.3 is 9.80 Å². The van der Waals surface area contributed by atoms with Crippen molar-refractivity contribution in [1.29, 1.82) is 0 Å². The molecule has 1 aliphatic heterocycles. The zero-order valence-electron chi connectivity index (χ0n) is 15.7. The number of piperazine rings is 1. The highest BCUT2D eigenvalue weighted by atomic mass is 79.9. The first-order valence-electron chi connectivity index (χ1n) is 9.38. The van der Waals surface area contributed by atoms with E-state index in [-0.39, 0.29) is 18.2 Å². The van der Waals surface area contributed by atoms with Gasteiger partial charge in [0.25, 0.3) is 5.91 Å². The van der Waals surface area contributed by atoms with Gasteiger partial charge in [0.2, 0.25) is 5.91 Å². The van der Waals surface area contributed by atoms with E-state index in [4.69, 9.17) is 0 Å². The van der Waals surface area contributed by atoms with E-state index in [1.54, 1.807) is 22.1 Å². The first-order valence-corrected chi connectivity index (χ1v) is 10.2. The number of aromatic nitrogens is 3. The summed E-state index contributed by atoms with van der Waals surface area (Å²) in [6.45, 7) is 2.04. The van der Waals surface area contributed by atoms with E-state index in [0.29, 0.717) is 31.9 Å². The number of nitrogens with one attached hydrogen (secondary N) is 1. The molecule has 0 radical (unpaired) electrons. The maximum Gasteiger partial charge on any atom is 0.272 e. The van der Waals surface area contributed by atoms with Crippen LogP contribution in [0.3, 0.4) is 0 Å². The molecule has 3 heterocycles. The highest BCUT2D eigenvalue weighted by molar-refractivity contribution is 9.10. The van der Waals surface area contributed by atoms with Gasteiger partial charge in [-0.05, 0) is 30.3 Å². The highest BCUT2D eigenvalue weighted by Crippen LogP contribution is 2.21. The summed E-state index contributed by atoms with van der Waals surface area (Å²) in [5.41, 5.74) is 2.88. The van der Waals surface area contributed by atoms with E-state index in [2.05, 4.69) is 31.1 Å². The van der Waals surface area contributed by atoms with Gasteiger partial charge in [-0.2, -0.15) is 5.10 Å². The monoisotopic (exact) mass is 453 g/mol. The molecule has 2 aromatic heterocycles. The van der Waals surface area contributed by atoms with E-state index < -0.39 is 0 Å². The van der Waals surface area contributed by atoms with Crippen LogP contribution in [0.4, 0.5) is 0 Å². The van der Waals surface area contributed by atoms with Crippen LogP contribution in [0.2, 0.25) is 0 Å². The molecule has 1 saturated heterocycles. The van der Waals surface area contributed by atoms with Crippen LogP contribution in [-0.2, 0) is 11.2 Å². The van der Waals surface area contributed by atoms with Gasteiger partial charge in [-0.1, -0.05) is 34.1 Å². The Hall–Kier alpha value is -3.00. The number of hydrogen-bond donors (Lipinski definition) is 1. The van der Waals surface area contributed by atoms with E-state index in [9.17, 15) is 9.59 Å². The second-order valence-corrected chi connectivity index (χ2v) is 7.76. The van der Waals surface area contributed by atoms with Crippen LogP contribution in [0.15, 0.2) is 59.2 Å². The summed E-state index contributed by atoms with van der Waals surface area (Å²) in [7, 11) is 0. The number of carbonyl (C=O) groups is 2. The predicted molar refractivity (Wildman–Crippen MR) is 112 cm³/mol. The third-order valence-corrected chi connectivity index (χ3v) is 5.46. The number of pyridine rings is 1. The van der Waals surface area contributed by atoms with Crippen LogP contribution in [0.1, 0.15) is 16.2 Å². The molecule has 1 N–H and O–H groups in total. The average Bonchev–Trinajstić information content (AvgIpc) is 3.25. The number of amides is 2. The molecule has 0 spiro atoms. The molecule has 0 bridgehead atoms.